The lowest BCUT2D eigenvalue weighted by Gasteiger charge is -2.27. The summed E-state index contributed by atoms with van der Waals surface area (Å²) in [6.45, 7) is 0. The van der Waals surface area contributed by atoms with E-state index in [4.69, 9.17) is 0 Å². The molecule has 46 heavy (non-hydrogen) atoms. The second kappa shape index (κ2) is 11.0. The second-order valence-electron chi connectivity index (χ2n) is 11.7. The van der Waals surface area contributed by atoms with Gasteiger partial charge in [0.05, 0.1) is 5.69 Å². The van der Waals surface area contributed by atoms with Crippen LogP contribution in [0, 0.1) is 0 Å². The SMILES string of the molecule is c1cc(-c2cccc3sc4ccccc4c23)cc(N(c2ccc(-c3cccc4ccccc34)cc2)c2cccc3ccccc23)c1. The van der Waals surface area contributed by atoms with Crippen molar-refractivity contribution in [2.45, 2.75) is 0 Å². The smallest absolute Gasteiger partial charge is 0.0540 e. The molecule has 1 heterocycles. The number of benzene rings is 8. The van der Waals surface area contributed by atoms with Crippen LogP contribution in [0.3, 0.4) is 0 Å². The van der Waals surface area contributed by atoms with Crippen LogP contribution in [0.1, 0.15) is 0 Å². The standard InChI is InChI=1S/C44H29NS/c1-3-17-36-30(11-1)13-8-20-37(36)32-25-27-34(28-26-32)45(41-22-9-14-31-12-2-4-18-38(31)41)35-16-7-15-33(29-35)39-21-10-24-43-44(39)40-19-5-6-23-42(40)46-43/h1-29H. The lowest BCUT2D eigenvalue weighted by atomic mass is 9.97. The normalized spacial score (nSPS) is 11.5. The molecule has 2 heteroatoms. The molecule has 0 aliphatic heterocycles. The van der Waals surface area contributed by atoms with Crippen LogP contribution in [0.25, 0.3) is 64.0 Å². The fourth-order valence-electron chi connectivity index (χ4n) is 6.93. The Morgan fingerprint density at radius 3 is 1.83 bits per heavy atom. The Hall–Kier alpha value is -5.70. The zero-order chi connectivity index (χ0) is 30.5. The van der Waals surface area contributed by atoms with Crippen LogP contribution in [0.2, 0.25) is 0 Å². The van der Waals surface area contributed by atoms with Crippen molar-refractivity contribution in [3.63, 3.8) is 0 Å². The van der Waals surface area contributed by atoms with Crippen LogP contribution in [0.4, 0.5) is 17.1 Å². The summed E-state index contributed by atoms with van der Waals surface area (Å²) in [6.07, 6.45) is 0. The summed E-state index contributed by atoms with van der Waals surface area (Å²) >= 11 is 1.87. The minimum Gasteiger partial charge on any atom is -0.310 e. The molecule has 0 saturated heterocycles. The van der Waals surface area contributed by atoms with Crippen molar-refractivity contribution in [1.82, 2.24) is 0 Å². The van der Waals surface area contributed by atoms with Gasteiger partial charge in [-0.1, -0.05) is 133 Å². The predicted molar refractivity (Wildman–Crippen MR) is 200 cm³/mol. The molecule has 1 aromatic heterocycles. The fourth-order valence-corrected chi connectivity index (χ4v) is 8.06. The number of hydrogen-bond donors (Lipinski definition) is 0. The van der Waals surface area contributed by atoms with Gasteiger partial charge in [0.25, 0.3) is 0 Å². The van der Waals surface area contributed by atoms with E-state index in [-0.39, 0.29) is 0 Å². The molecule has 0 atom stereocenters. The Morgan fingerprint density at radius 1 is 0.370 bits per heavy atom. The molecule has 0 unspecified atom stereocenters. The number of nitrogens with zero attached hydrogens (tertiary/aromatic N) is 1. The monoisotopic (exact) mass is 603 g/mol. The highest BCUT2D eigenvalue weighted by atomic mass is 32.1. The molecule has 9 aromatic rings. The van der Waals surface area contributed by atoms with E-state index in [0.29, 0.717) is 0 Å². The minimum absolute atomic E-state index is 1.12. The van der Waals surface area contributed by atoms with E-state index in [2.05, 4.69) is 181 Å². The Balaban J connectivity index is 1.22. The maximum atomic E-state index is 2.41. The van der Waals surface area contributed by atoms with Gasteiger partial charge in [-0.2, -0.15) is 0 Å². The van der Waals surface area contributed by atoms with Crippen molar-refractivity contribution in [3.05, 3.63) is 176 Å². The molecular weight excluding hydrogens is 575 g/mol. The average molecular weight is 604 g/mol. The number of anilines is 3. The summed E-state index contributed by atoms with van der Waals surface area (Å²) in [5, 5.41) is 7.62. The van der Waals surface area contributed by atoms with E-state index < -0.39 is 0 Å². The minimum atomic E-state index is 1.12. The van der Waals surface area contributed by atoms with Crippen molar-refractivity contribution in [2.24, 2.45) is 0 Å². The van der Waals surface area contributed by atoms with Crippen LogP contribution in [0.15, 0.2) is 176 Å². The first-order chi connectivity index (χ1) is 22.8. The summed E-state index contributed by atoms with van der Waals surface area (Å²) in [4.78, 5) is 2.41. The first-order valence-corrected chi connectivity index (χ1v) is 16.5. The van der Waals surface area contributed by atoms with Gasteiger partial charge < -0.3 is 4.90 Å². The van der Waals surface area contributed by atoms with Crippen LogP contribution in [-0.2, 0) is 0 Å². The van der Waals surface area contributed by atoms with Gasteiger partial charge in [0.1, 0.15) is 0 Å². The Bertz CT molecular complexity index is 2530. The Kier molecular flexibility index (Phi) is 6.40. The molecule has 0 bridgehead atoms. The van der Waals surface area contributed by atoms with E-state index in [1.807, 2.05) is 11.3 Å². The third-order valence-electron chi connectivity index (χ3n) is 9.05. The van der Waals surface area contributed by atoms with Crippen LogP contribution in [0.5, 0.6) is 0 Å². The van der Waals surface area contributed by atoms with Crippen molar-refractivity contribution in [2.75, 3.05) is 4.90 Å². The van der Waals surface area contributed by atoms with Gasteiger partial charge in [0.15, 0.2) is 0 Å². The molecule has 9 rings (SSSR count). The van der Waals surface area contributed by atoms with Gasteiger partial charge in [-0.15, -0.1) is 11.3 Å². The highest BCUT2D eigenvalue weighted by Crippen LogP contribution is 2.44. The summed E-state index contributed by atoms with van der Waals surface area (Å²) in [5.41, 5.74) is 8.35. The van der Waals surface area contributed by atoms with Crippen LogP contribution >= 0.6 is 11.3 Å². The van der Waals surface area contributed by atoms with Crippen molar-refractivity contribution in [3.8, 4) is 22.3 Å². The Morgan fingerprint density at radius 2 is 0.978 bits per heavy atom. The largest absolute Gasteiger partial charge is 0.310 e. The highest BCUT2D eigenvalue weighted by Gasteiger charge is 2.18. The zero-order valence-electron chi connectivity index (χ0n) is 25.1. The number of rotatable bonds is 5. The van der Waals surface area contributed by atoms with Crippen molar-refractivity contribution in [1.29, 1.82) is 0 Å². The third-order valence-corrected chi connectivity index (χ3v) is 10.2. The molecule has 0 aliphatic rings. The third kappa shape index (κ3) is 4.46. The highest BCUT2D eigenvalue weighted by molar-refractivity contribution is 7.25. The average Bonchev–Trinajstić information content (AvgIpc) is 3.51. The lowest BCUT2D eigenvalue weighted by Crippen LogP contribution is -2.10. The molecule has 1 nitrogen and oxygen atoms in total. The molecule has 0 N–H and O–H groups in total. The van der Waals surface area contributed by atoms with Gasteiger partial charge in [0.2, 0.25) is 0 Å². The first kappa shape index (κ1) is 26.7. The number of fused-ring (bicyclic) bond motifs is 5. The maximum Gasteiger partial charge on any atom is 0.0540 e. The van der Waals surface area contributed by atoms with Crippen LogP contribution in [-0.4, -0.2) is 0 Å². The molecule has 0 aliphatic carbocycles. The number of thiophene rings is 1. The van der Waals surface area contributed by atoms with E-state index >= 15 is 0 Å². The van der Waals surface area contributed by atoms with E-state index in [9.17, 15) is 0 Å². The molecule has 0 radical (unpaired) electrons. The molecule has 216 valence electrons. The van der Waals surface area contributed by atoms with Gasteiger partial charge in [-0.25, -0.2) is 0 Å². The van der Waals surface area contributed by atoms with Crippen LogP contribution < -0.4 is 4.90 Å². The summed E-state index contributed by atoms with van der Waals surface area (Å²) in [6, 6.07) is 63.9. The zero-order valence-corrected chi connectivity index (χ0v) is 25.9. The fraction of sp³-hybridized carbons (Fsp3) is 0. The molecule has 0 amide bonds. The molecule has 0 fully saturated rings. The molecule has 0 saturated carbocycles. The topological polar surface area (TPSA) is 3.24 Å². The molecule has 0 spiro atoms. The summed E-state index contributed by atoms with van der Waals surface area (Å²) in [5.74, 6) is 0. The lowest BCUT2D eigenvalue weighted by molar-refractivity contribution is 1.30. The van der Waals surface area contributed by atoms with Crippen molar-refractivity contribution < 1.29 is 0 Å². The number of hydrogen-bond acceptors (Lipinski definition) is 2. The summed E-state index contributed by atoms with van der Waals surface area (Å²) < 4.78 is 2.64. The molecule has 8 aromatic carbocycles. The summed E-state index contributed by atoms with van der Waals surface area (Å²) in [7, 11) is 0. The van der Waals surface area contributed by atoms with Gasteiger partial charge in [-0.05, 0) is 80.9 Å². The predicted octanol–water partition coefficient (Wildman–Crippen LogP) is 13.2. The quantitative estimate of drug-likeness (QED) is 0.189. The molecular formula is C44H29NS. The maximum absolute atomic E-state index is 2.41. The van der Waals surface area contributed by atoms with E-state index in [1.165, 1.54) is 64.0 Å². The second-order valence-corrected chi connectivity index (χ2v) is 12.8. The first-order valence-electron chi connectivity index (χ1n) is 15.7. The Labute approximate surface area is 272 Å². The van der Waals surface area contributed by atoms with E-state index in [0.717, 1.165) is 17.1 Å². The van der Waals surface area contributed by atoms with Gasteiger partial charge in [0, 0.05) is 36.9 Å². The van der Waals surface area contributed by atoms with E-state index in [1.54, 1.807) is 0 Å². The van der Waals surface area contributed by atoms with Gasteiger partial charge >= 0.3 is 0 Å². The van der Waals surface area contributed by atoms with Gasteiger partial charge in [-0.3, -0.25) is 0 Å². The van der Waals surface area contributed by atoms with Crippen molar-refractivity contribution >= 4 is 70.1 Å².